The number of furan rings is 1. The molecular formula is C21H15Cl2NO3. The van der Waals surface area contributed by atoms with Crippen molar-refractivity contribution in [2.24, 2.45) is 0 Å². The summed E-state index contributed by atoms with van der Waals surface area (Å²) in [5.41, 5.74) is 1.95. The molecule has 0 unspecified atom stereocenters. The minimum Gasteiger partial charge on any atom is -0.457 e. The zero-order chi connectivity index (χ0) is 19.4. The van der Waals surface area contributed by atoms with Crippen molar-refractivity contribution in [1.29, 1.82) is 0 Å². The van der Waals surface area contributed by atoms with Crippen molar-refractivity contribution in [2.45, 2.75) is 6.92 Å². The molecule has 0 saturated carbocycles. The van der Waals surface area contributed by atoms with E-state index in [0.29, 0.717) is 32.8 Å². The number of nitrogens with one attached hydrogen (secondary N) is 1. The normalized spacial score (nSPS) is 10.9. The minimum atomic E-state index is -0.170. The van der Waals surface area contributed by atoms with Crippen molar-refractivity contribution in [1.82, 2.24) is 0 Å². The maximum Gasteiger partial charge on any atom is 0.221 e. The van der Waals surface area contributed by atoms with Crippen LogP contribution in [0.1, 0.15) is 23.0 Å². The van der Waals surface area contributed by atoms with Gasteiger partial charge in [-0.15, -0.1) is 0 Å². The van der Waals surface area contributed by atoms with Gasteiger partial charge in [-0.2, -0.15) is 0 Å². The van der Waals surface area contributed by atoms with Gasteiger partial charge in [-0.05, 0) is 66.7 Å². The standard InChI is InChI=1S/C21H15Cl2NO3/c1-13(25)24-16-5-2-14(3-6-16)20(26)10-7-17-8-11-21(27-17)15-4-9-18(22)19(23)12-15/h2-12H,1H3,(H,24,25)/b10-7+. The van der Waals surface area contributed by atoms with Crippen LogP contribution >= 0.6 is 23.2 Å². The average molecular weight is 400 g/mol. The number of hydrogen-bond acceptors (Lipinski definition) is 3. The molecule has 4 nitrogen and oxygen atoms in total. The van der Waals surface area contributed by atoms with Crippen LogP contribution in [0, 0.1) is 0 Å². The molecule has 136 valence electrons. The highest BCUT2D eigenvalue weighted by molar-refractivity contribution is 6.42. The number of allylic oxidation sites excluding steroid dienone is 1. The fraction of sp³-hybridized carbons (Fsp3) is 0.0476. The molecule has 0 atom stereocenters. The molecule has 0 aliphatic carbocycles. The SMILES string of the molecule is CC(=O)Nc1ccc(C(=O)/C=C/c2ccc(-c3ccc(Cl)c(Cl)c3)o2)cc1. The molecule has 3 rings (SSSR count). The van der Waals surface area contributed by atoms with Crippen molar-refractivity contribution in [3.05, 3.63) is 82.0 Å². The summed E-state index contributed by atoms with van der Waals surface area (Å²) in [7, 11) is 0. The molecule has 0 aliphatic rings. The summed E-state index contributed by atoms with van der Waals surface area (Å²) in [6.45, 7) is 1.43. The third kappa shape index (κ3) is 4.88. The molecule has 0 aliphatic heterocycles. The summed E-state index contributed by atoms with van der Waals surface area (Å²) < 4.78 is 5.73. The fourth-order valence-electron chi connectivity index (χ4n) is 2.42. The fourth-order valence-corrected chi connectivity index (χ4v) is 2.72. The first-order valence-electron chi connectivity index (χ1n) is 8.08. The number of benzene rings is 2. The van der Waals surface area contributed by atoms with Crippen LogP contribution in [-0.4, -0.2) is 11.7 Å². The Balaban J connectivity index is 1.70. The highest BCUT2D eigenvalue weighted by Gasteiger charge is 2.07. The molecular weight excluding hydrogens is 385 g/mol. The summed E-state index contributed by atoms with van der Waals surface area (Å²) in [5.74, 6) is 0.834. The molecule has 0 fully saturated rings. The largest absolute Gasteiger partial charge is 0.457 e. The smallest absolute Gasteiger partial charge is 0.221 e. The Bertz CT molecular complexity index is 1020. The lowest BCUT2D eigenvalue weighted by Gasteiger charge is -2.02. The number of carbonyl (C=O) groups is 2. The number of ketones is 1. The van der Waals surface area contributed by atoms with E-state index in [1.165, 1.54) is 13.0 Å². The number of carbonyl (C=O) groups excluding carboxylic acids is 2. The predicted molar refractivity (Wildman–Crippen MR) is 108 cm³/mol. The maximum absolute atomic E-state index is 12.3. The van der Waals surface area contributed by atoms with E-state index in [1.54, 1.807) is 54.6 Å². The van der Waals surface area contributed by atoms with Gasteiger partial charge in [0, 0.05) is 23.7 Å². The number of rotatable bonds is 5. The van der Waals surface area contributed by atoms with Gasteiger partial charge in [0.25, 0.3) is 0 Å². The van der Waals surface area contributed by atoms with E-state index in [-0.39, 0.29) is 11.7 Å². The van der Waals surface area contributed by atoms with E-state index in [2.05, 4.69) is 5.32 Å². The first-order valence-corrected chi connectivity index (χ1v) is 8.83. The van der Waals surface area contributed by atoms with Gasteiger partial charge in [-0.3, -0.25) is 9.59 Å². The predicted octanol–water partition coefficient (Wildman–Crippen LogP) is 6.11. The van der Waals surface area contributed by atoms with E-state index in [4.69, 9.17) is 27.6 Å². The second-order valence-corrected chi connectivity index (χ2v) is 6.60. The third-order valence-electron chi connectivity index (χ3n) is 3.72. The Morgan fingerprint density at radius 3 is 2.37 bits per heavy atom. The molecule has 1 heterocycles. The van der Waals surface area contributed by atoms with Crippen molar-refractivity contribution in [3.8, 4) is 11.3 Å². The van der Waals surface area contributed by atoms with Gasteiger partial charge in [-0.25, -0.2) is 0 Å². The summed E-state index contributed by atoms with van der Waals surface area (Å²) in [5, 5.41) is 3.57. The summed E-state index contributed by atoms with van der Waals surface area (Å²) >= 11 is 11.9. The zero-order valence-corrected chi connectivity index (χ0v) is 15.8. The molecule has 1 amide bonds. The average Bonchev–Trinajstić information content (AvgIpc) is 3.11. The highest BCUT2D eigenvalue weighted by Crippen LogP contribution is 2.29. The quantitative estimate of drug-likeness (QED) is 0.415. The minimum absolute atomic E-state index is 0.162. The summed E-state index contributed by atoms with van der Waals surface area (Å²) in [4.78, 5) is 23.3. The van der Waals surface area contributed by atoms with E-state index < -0.39 is 0 Å². The monoisotopic (exact) mass is 399 g/mol. The molecule has 27 heavy (non-hydrogen) atoms. The van der Waals surface area contributed by atoms with Gasteiger partial charge in [0.15, 0.2) is 5.78 Å². The second-order valence-electron chi connectivity index (χ2n) is 5.79. The lowest BCUT2D eigenvalue weighted by atomic mass is 10.1. The van der Waals surface area contributed by atoms with Crippen LogP contribution in [-0.2, 0) is 4.79 Å². The molecule has 0 spiro atoms. The highest BCUT2D eigenvalue weighted by atomic mass is 35.5. The van der Waals surface area contributed by atoms with Crippen LogP contribution in [0.4, 0.5) is 5.69 Å². The van der Waals surface area contributed by atoms with Crippen molar-refractivity contribution >= 4 is 46.7 Å². The third-order valence-corrected chi connectivity index (χ3v) is 4.46. The Hall–Kier alpha value is -2.82. The van der Waals surface area contributed by atoms with Gasteiger partial charge in [0.1, 0.15) is 11.5 Å². The number of amides is 1. The summed E-state index contributed by atoms with van der Waals surface area (Å²) in [6, 6.07) is 15.5. The molecule has 1 N–H and O–H groups in total. The molecule has 0 bridgehead atoms. The molecule has 0 saturated heterocycles. The Labute approximate surface area is 166 Å². The molecule has 1 aromatic heterocycles. The first kappa shape index (κ1) is 19.0. The lowest BCUT2D eigenvalue weighted by Crippen LogP contribution is -2.05. The van der Waals surface area contributed by atoms with Crippen LogP contribution in [0.3, 0.4) is 0 Å². The number of halogens is 2. The van der Waals surface area contributed by atoms with Crippen LogP contribution in [0.15, 0.2) is 65.1 Å². The number of hydrogen-bond donors (Lipinski definition) is 1. The summed E-state index contributed by atoms with van der Waals surface area (Å²) in [6.07, 6.45) is 3.04. The van der Waals surface area contributed by atoms with Crippen molar-refractivity contribution in [2.75, 3.05) is 5.32 Å². The van der Waals surface area contributed by atoms with Crippen molar-refractivity contribution < 1.29 is 14.0 Å². The van der Waals surface area contributed by atoms with Gasteiger partial charge >= 0.3 is 0 Å². The first-order chi connectivity index (χ1) is 12.9. The molecule has 2 aromatic carbocycles. The van der Waals surface area contributed by atoms with Gasteiger partial charge in [0.2, 0.25) is 5.91 Å². The van der Waals surface area contributed by atoms with Crippen LogP contribution in [0.5, 0.6) is 0 Å². The molecule has 6 heteroatoms. The van der Waals surface area contributed by atoms with E-state index >= 15 is 0 Å². The molecule has 3 aromatic rings. The van der Waals surface area contributed by atoms with E-state index in [0.717, 1.165) is 5.56 Å². The van der Waals surface area contributed by atoms with Gasteiger partial charge in [0.05, 0.1) is 10.0 Å². The van der Waals surface area contributed by atoms with E-state index in [1.807, 2.05) is 6.07 Å². The maximum atomic E-state index is 12.3. The van der Waals surface area contributed by atoms with Crippen molar-refractivity contribution in [3.63, 3.8) is 0 Å². The van der Waals surface area contributed by atoms with Gasteiger partial charge < -0.3 is 9.73 Å². The lowest BCUT2D eigenvalue weighted by molar-refractivity contribution is -0.114. The topological polar surface area (TPSA) is 59.3 Å². The Morgan fingerprint density at radius 2 is 1.70 bits per heavy atom. The number of anilines is 1. The van der Waals surface area contributed by atoms with Crippen LogP contribution < -0.4 is 5.32 Å². The van der Waals surface area contributed by atoms with Crippen LogP contribution in [0.25, 0.3) is 17.4 Å². The Kier molecular flexibility index (Phi) is 5.79. The Morgan fingerprint density at radius 1 is 0.963 bits per heavy atom. The second kappa shape index (κ2) is 8.25. The van der Waals surface area contributed by atoms with Crippen LogP contribution in [0.2, 0.25) is 10.0 Å². The van der Waals surface area contributed by atoms with Gasteiger partial charge in [-0.1, -0.05) is 23.2 Å². The molecule has 0 radical (unpaired) electrons. The zero-order valence-electron chi connectivity index (χ0n) is 14.3. The van der Waals surface area contributed by atoms with E-state index in [9.17, 15) is 9.59 Å².